The Morgan fingerprint density at radius 2 is 1.34 bits per heavy atom. The highest BCUT2D eigenvalue weighted by Crippen LogP contribution is 1.88. The normalized spacial score (nSPS) is 8.62. The van der Waals surface area contributed by atoms with Crippen molar-refractivity contribution in [3.63, 3.8) is 0 Å². The summed E-state index contributed by atoms with van der Waals surface area (Å²) in [5.41, 5.74) is 0. The Balaban J connectivity index is -0.000000394. The Kier molecular flexibility index (Phi) is 39.9. The van der Waals surface area contributed by atoms with Crippen LogP contribution in [0.25, 0.3) is 0 Å². The molecule has 0 atom stereocenters. The summed E-state index contributed by atoms with van der Waals surface area (Å²) in [6.45, 7) is 13.6. The van der Waals surface area contributed by atoms with E-state index in [1.807, 2.05) is 27.7 Å². The van der Waals surface area contributed by atoms with Crippen LogP contribution >= 0.6 is 0 Å². The van der Waals surface area contributed by atoms with Crippen LogP contribution in [0.15, 0.2) is 0 Å². The second-order valence-corrected chi connectivity index (χ2v) is 4.82. The first kappa shape index (κ1) is 34.5. The highest BCUT2D eigenvalue weighted by molar-refractivity contribution is 5.79. The van der Waals surface area contributed by atoms with Gasteiger partial charge in [-0.2, -0.15) is 0 Å². The molecular weight excluding hydrogens is 380 g/mol. The minimum absolute atomic E-state index is 0.00309. The van der Waals surface area contributed by atoms with E-state index in [2.05, 4.69) is 10.6 Å². The number of Topliss-reactive ketones (excluding diaryl/α,β-unsaturated/α-hetero) is 1. The number of amides is 2. The van der Waals surface area contributed by atoms with Crippen LogP contribution in [-0.4, -0.2) is 68.7 Å². The Morgan fingerprint density at radius 1 is 0.828 bits per heavy atom. The van der Waals surface area contributed by atoms with Crippen molar-refractivity contribution in [2.24, 2.45) is 0 Å². The lowest BCUT2D eigenvalue weighted by Crippen LogP contribution is -2.29. The second kappa shape index (κ2) is 33.6. The predicted molar refractivity (Wildman–Crippen MR) is 114 cm³/mol. The highest BCUT2D eigenvalue weighted by atomic mass is 16.5. The maximum atomic E-state index is 11.5. The number of carbonyl (C=O) groups is 4. The number of hydrogen-bond acceptors (Lipinski definition) is 6. The van der Waals surface area contributed by atoms with Gasteiger partial charge in [0.05, 0.1) is 19.8 Å². The molecule has 29 heavy (non-hydrogen) atoms. The molecule has 0 aromatic heterocycles. The van der Waals surface area contributed by atoms with Crippen LogP contribution in [0.5, 0.6) is 0 Å². The summed E-state index contributed by atoms with van der Waals surface area (Å²) in [4.78, 5) is 41.7. The SMILES string of the molecule is CC.CC.CCC(=O)COCCOCCNC(=O)CCCNC(=O)CC.O=CO. The third kappa shape index (κ3) is 37.4. The number of carbonyl (C=O) groups excluding carboxylic acids is 3. The Morgan fingerprint density at radius 3 is 1.86 bits per heavy atom. The Bertz CT molecular complexity index is 378. The number of carboxylic acid groups (broad SMARTS) is 1. The summed E-state index contributed by atoms with van der Waals surface area (Å²) in [6, 6.07) is 0. The van der Waals surface area contributed by atoms with E-state index in [9.17, 15) is 14.4 Å². The fourth-order valence-electron chi connectivity index (χ4n) is 1.46. The zero-order valence-electron chi connectivity index (χ0n) is 19.0. The quantitative estimate of drug-likeness (QED) is 0.289. The van der Waals surface area contributed by atoms with E-state index >= 15 is 0 Å². The lowest BCUT2D eigenvalue weighted by atomic mass is 10.3. The van der Waals surface area contributed by atoms with E-state index in [0.717, 1.165) is 0 Å². The van der Waals surface area contributed by atoms with E-state index in [4.69, 9.17) is 19.4 Å². The molecule has 0 heterocycles. The maximum Gasteiger partial charge on any atom is 0.290 e. The van der Waals surface area contributed by atoms with Gasteiger partial charge in [0.2, 0.25) is 11.8 Å². The second-order valence-electron chi connectivity index (χ2n) is 4.82. The first-order valence-electron chi connectivity index (χ1n) is 10.3. The van der Waals surface area contributed by atoms with Gasteiger partial charge in [0.1, 0.15) is 6.61 Å². The largest absolute Gasteiger partial charge is 0.483 e. The van der Waals surface area contributed by atoms with Gasteiger partial charge in [-0.15, -0.1) is 0 Å². The van der Waals surface area contributed by atoms with Gasteiger partial charge in [0.15, 0.2) is 5.78 Å². The van der Waals surface area contributed by atoms with Gasteiger partial charge in [0, 0.05) is 32.4 Å². The lowest BCUT2D eigenvalue weighted by Gasteiger charge is -2.07. The third-order valence-corrected chi connectivity index (χ3v) is 2.82. The molecular formula is C20H42N2O7. The average Bonchev–Trinajstić information content (AvgIpc) is 2.76. The standard InChI is InChI=1S/C15H28N2O5.2C2H6.CH2O2/c1-3-13(18)12-22-11-10-21-9-8-17-15(20)6-5-7-16-14(19)4-2;2*1-2;2-1-3/h3-12H2,1-2H3,(H,16,19)(H,17,20);2*1-2H3;1H,(H,2,3). The molecule has 0 bridgehead atoms. The van der Waals surface area contributed by atoms with Gasteiger partial charge < -0.3 is 25.2 Å². The van der Waals surface area contributed by atoms with Crippen molar-refractivity contribution in [3.05, 3.63) is 0 Å². The summed E-state index contributed by atoms with van der Waals surface area (Å²) >= 11 is 0. The molecule has 2 amide bonds. The number of nitrogens with one attached hydrogen (secondary N) is 2. The smallest absolute Gasteiger partial charge is 0.290 e. The summed E-state index contributed by atoms with van der Waals surface area (Å²) in [5.74, 6) is 0.0122. The molecule has 0 aliphatic rings. The van der Waals surface area contributed by atoms with Crippen LogP contribution < -0.4 is 10.6 Å². The number of ether oxygens (including phenoxy) is 2. The minimum atomic E-state index is -0.250. The van der Waals surface area contributed by atoms with E-state index < -0.39 is 0 Å². The molecule has 0 aliphatic heterocycles. The van der Waals surface area contributed by atoms with E-state index in [1.165, 1.54) is 0 Å². The molecule has 0 rings (SSSR count). The zero-order valence-corrected chi connectivity index (χ0v) is 19.0. The molecule has 0 aromatic rings. The molecule has 0 radical (unpaired) electrons. The number of rotatable bonds is 14. The van der Waals surface area contributed by atoms with E-state index in [1.54, 1.807) is 13.8 Å². The maximum absolute atomic E-state index is 11.5. The molecule has 0 saturated carbocycles. The van der Waals surface area contributed by atoms with Crippen LogP contribution in [0.4, 0.5) is 0 Å². The van der Waals surface area contributed by atoms with Gasteiger partial charge in [-0.1, -0.05) is 41.5 Å². The Hall–Kier alpha value is -2.00. The predicted octanol–water partition coefficient (Wildman–Crippen LogP) is 2.17. The number of hydrogen-bond donors (Lipinski definition) is 3. The molecule has 0 spiro atoms. The van der Waals surface area contributed by atoms with E-state index in [-0.39, 0.29) is 30.7 Å². The minimum Gasteiger partial charge on any atom is -0.483 e. The van der Waals surface area contributed by atoms with Crippen molar-refractivity contribution in [3.8, 4) is 0 Å². The van der Waals surface area contributed by atoms with Crippen LogP contribution in [0.2, 0.25) is 0 Å². The fourth-order valence-corrected chi connectivity index (χ4v) is 1.46. The molecule has 9 heteroatoms. The van der Waals surface area contributed by atoms with Crippen molar-refractivity contribution < 1.29 is 33.8 Å². The fraction of sp³-hybridized carbons (Fsp3) is 0.800. The van der Waals surface area contributed by atoms with Crippen LogP contribution in [0.3, 0.4) is 0 Å². The first-order valence-corrected chi connectivity index (χ1v) is 10.3. The molecule has 0 aliphatic carbocycles. The molecule has 3 N–H and O–H groups in total. The van der Waals surface area contributed by atoms with Crippen molar-refractivity contribution in [1.82, 2.24) is 10.6 Å². The van der Waals surface area contributed by atoms with Crippen LogP contribution in [-0.2, 0) is 28.7 Å². The molecule has 0 aromatic carbocycles. The summed E-state index contributed by atoms with van der Waals surface area (Å²) in [6.07, 6.45) is 1.94. The number of ketones is 1. The average molecular weight is 423 g/mol. The van der Waals surface area contributed by atoms with Gasteiger partial charge in [-0.25, -0.2) is 0 Å². The van der Waals surface area contributed by atoms with Gasteiger partial charge in [-0.05, 0) is 6.42 Å². The van der Waals surface area contributed by atoms with Gasteiger partial charge in [0.25, 0.3) is 6.47 Å². The topological polar surface area (TPSA) is 131 Å². The van der Waals surface area contributed by atoms with Crippen LogP contribution in [0, 0.1) is 0 Å². The van der Waals surface area contributed by atoms with Crippen LogP contribution in [0.1, 0.15) is 67.2 Å². The van der Waals surface area contributed by atoms with Crippen molar-refractivity contribution in [2.45, 2.75) is 67.2 Å². The summed E-state index contributed by atoms with van der Waals surface area (Å²) in [5, 5.41) is 12.3. The molecule has 0 fully saturated rings. The molecule has 0 unspecified atom stereocenters. The molecule has 174 valence electrons. The monoisotopic (exact) mass is 422 g/mol. The zero-order chi connectivity index (χ0) is 23.3. The Labute approximate surface area is 175 Å². The summed E-state index contributed by atoms with van der Waals surface area (Å²) in [7, 11) is 0. The highest BCUT2D eigenvalue weighted by Gasteiger charge is 2.02. The van der Waals surface area contributed by atoms with Crippen molar-refractivity contribution >= 4 is 24.1 Å². The van der Waals surface area contributed by atoms with E-state index in [0.29, 0.717) is 58.6 Å². The third-order valence-electron chi connectivity index (χ3n) is 2.82. The van der Waals surface area contributed by atoms with Crippen molar-refractivity contribution in [2.75, 3.05) is 39.5 Å². The van der Waals surface area contributed by atoms with Crippen molar-refractivity contribution in [1.29, 1.82) is 0 Å². The first-order chi connectivity index (χ1) is 14.0. The lowest BCUT2D eigenvalue weighted by molar-refractivity contribution is -0.124. The van der Waals surface area contributed by atoms with Gasteiger partial charge >= 0.3 is 0 Å². The van der Waals surface area contributed by atoms with Gasteiger partial charge in [-0.3, -0.25) is 19.2 Å². The summed E-state index contributed by atoms with van der Waals surface area (Å²) < 4.78 is 10.4. The molecule has 9 nitrogen and oxygen atoms in total. The molecule has 0 saturated heterocycles.